The summed E-state index contributed by atoms with van der Waals surface area (Å²) >= 11 is 10.1. The molecule has 0 aliphatic carbocycles. The maximum absolute atomic E-state index is 8.38. The summed E-state index contributed by atoms with van der Waals surface area (Å²) in [4.78, 5) is 8.38. The summed E-state index contributed by atoms with van der Waals surface area (Å²) in [7, 11) is 0. The maximum Gasteiger partial charge on any atom is 0.412 e. The van der Waals surface area contributed by atoms with Crippen LogP contribution in [0.1, 0.15) is 0 Å². The molecule has 0 saturated heterocycles. The van der Waals surface area contributed by atoms with Crippen molar-refractivity contribution in [1.29, 1.82) is 0 Å². The molecule has 0 aliphatic rings. The summed E-state index contributed by atoms with van der Waals surface area (Å²) in [6, 6.07) is 0. The lowest BCUT2D eigenvalue weighted by atomic mass is 11.3. The fourth-order valence-electron chi connectivity index (χ4n) is 0. The van der Waals surface area contributed by atoms with E-state index in [2.05, 4.69) is 6.58 Å². The van der Waals surface area contributed by atoms with Crippen LogP contribution in [-0.2, 0) is 0 Å². The Balaban J connectivity index is 3.45. The summed E-state index contributed by atoms with van der Waals surface area (Å²) in [6.45, 7) is 0.257. The lowest BCUT2D eigenvalue weighted by molar-refractivity contribution is 0.597. The standard InChI is InChI=1S/C2H4Cl2OSi/c1-2-6(3,4)5/h2,5H,1H2. The molecule has 0 radical (unpaired) electrons. The fraction of sp³-hybridized carbons (Fsp3) is 0. The first-order chi connectivity index (χ1) is 2.56. The quantitative estimate of drug-likeness (QED) is 0.430. The van der Waals surface area contributed by atoms with Gasteiger partial charge in [-0.15, -0.1) is 28.7 Å². The zero-order valence-electron chi connectivity index (χ0n) is 2.99. The van der Waals surface area contributed by atoms with E-state index >= 15 is 0 Å². The third-order valence-electron chi connectivity index (χ3n) is 0.246. The van der Waals surface area contributed by atoms with Crippen LogP contribution in [0, 0.1) is 0 Å². The smallest absolute Gasteiger partial charge is 0.406 e. The van der Waals surface area contributed by atoms with Crippen molar-refractivity contribution in [2.75, 3.05) is 0 Å². The summed E-state index contributed by atoms with van der Waals surface area (Å²) < 4.78 is 0. The number of hydrogen-bond acceptors (Lipinski definition) is 1. The van der Waals surface area contributed by atoms with Crippen molar-refractivity contribution in [3.8, 4) is 0 Å². The van der Waals surface area contributed by atoms with Crippen molar-refractivity contribution in [2.45, 2.75) is 0 Å². The van der Waals surface area contributed by atoms with Crippen molar-refractivity contribution in [1.82, 2.24) is 0 Å². The molecule has 6 heavy (non-hydrogen) atoms. The molecule has 0 bridgehead atoms. The van der Waals surface area contributed by atoms with Gasteiger partial charge in [-0.1, -0.05) is 0 Å². The second kappa shape index (κ2) is 1.98. The van der Waals surface area contributed by atoms with Gasteiger partial charge in [0.1, 0.15) is 0 Å². The number of hydrogen-bond donors (Lipinski definition) is 1. The highest BCUT2D eigenvalue weighted by molar-refractivity contribution is 7.44. The molecule has 1 N–H and O–H groups in total. The zero-order chi connectivity index (χ0) is 5.21. The van der Waals surface area contributed by atoms with E-state index in [0.29, 0.717) is 0 Å². The predicted molar refractivity (Wildman–Crippen MR) is 29.9 cm³/mol. The van der Waals surface area contributed by atoms with Crippen molar-refractivity contribution in [3.05, 3.63) is 12.3 Å². The van der Waals surface area contributed by atoms with Crippen LogP contribution in [0.3, 0.4) is 0 Å². The topological polar surface area (TPSA) is 20.2 Å². The number of halogens is 2. The second-order valence-corrected chi connectivity index (χ2v) is 6.41. The molecule has 0 heterocycles. The predicted octanol–water partition coefficient (Wildman–Crippen LogP) is 1.12. The van der Waals surface area contributed by atoms with Crippen molar-refractivity contribution in [3.63, 3.8) is 0 Å². The van der Waals surface area contributed by atoms with Crippen LogP contribution in [0.5, 0.6) is 0 Å². The Morgan fingerprint density at radius 3 is 1.83 bits per heavy atom. The Bertz CT molecular complexity index is 57.1. The van der Waals surface area contributed by atoms with Gasteiger partial charge >= 0.3 is 6.94 Å². The fourth-order valence-corrected chi connectivity index (χ4v) is 0. The molecule has 1 nitrogen and oxygen atoms in total. The highest BCUT2D eigenvalue weighted by Crippen LogP contribution is 2.08. The Hall–Kier alpha value is 0.497. The monoisotopic (exact) mass is 142 g/mol. The SMILES string of the molecule is C=C[Si](O)(Cl)Cl. The highest BCUT2D eigenvalue weighted by Gasteiger charge is 2.18. The maximum atomic E-state index is 8.38. The van der Waals surface area contributed by atoms with Crippen LogP contribution < -0.4 is 0 Å². The molecule has 0 saturated carbocycles. The van der Waals surface area contributed by atoms with Gasteiger partial charge in [-0.05, 0) is 5.70 Å². The van der Waals surface area contributed by atoms with Gasteiger partial charge in [-0.25, -0.2) is 0 Å². The summed E-state index contributed by atoms with van der Waals surface area (Å²) in [5.41, 5.74) is 1.16. The van der Waals surface area contributed by atoms with Gasteiger partial charge < -0.3 is 4.80 Å². The first-order valence-corrected chi connectivity index (χ1v) is 5.35. The van der Waals surface area contributed by atoms with E-state index in [1.54, 1.807) is 0 Å². The second-order valence-electron chi connectivity index (χ2n) is 0.792. The first-order valence-electron chi connectivity index (χ1n) is 1.30. The lowest BCUT2D eigenvalue weighted by Gasteiger charge is -1.94. The number of rotatable bonds is 1. The Morgan fingerprint density at radius 1 is 1.67 bits per heavy atom. The molecule has 4 heteroatoms. The molecule has 0 aromatic rings. The Kier molecular flexibility index (Phi) is 2.14. The zero-order valence-corrected chi connectivity index (χ0v) is 5.50. The molecular weight excluding hydrogens is 139 g/mol. The minimum atomic E-state index is -2.92. The van der Waals surface area contributed by atoms with Crippen LogP contribution in [0.25, 0.3) is 0 Å². The van der Waals surface area contributed by atoms with Gasteiger partial charge in [0, 0.05) is 0 Å². The van der Waals surface area contributed by atoms with Gasteiger partial charge in [0.05, 0.1) is 0 Å². The molecule has 0 fully saturated rings. The average Bonchev–Trinajstić information content (AvgIpc) is 1.35. The van der Waals surface area contributed by atoms with Crippen LogP contribution >= 0.6 is 22.2 Å². The normalized spacial score (nSPS) is 11.2. The van der Waals surface area contributed by atoms with E-state index < -0.39 is 6.94 Å². The molecule has 0 aromatic heterocycles. The van der Waals surface area contributed by atoms with Gasteiger partial charge in [0.25, 0.3) is 0 Å². The summed E-state index contributed by atoms with van der Waals surface area (Å²) in [5, 5.41) is 0. The molecule has 0 rings (SSSR count). The molecule has 0 unspecified atom stereocenters. The van der Waals surface area contributed by atoms with E-state index in [9.17, 15) is 0 Å². The molecule has 0 aliphatic heterocycles. The van der Waals surface area contributed by atoms with Crippen LogP contribution in [0.2, 0.25) is 0 Å². The Morgan fingerprint density at radius 2 is 1.83 bits per heavy atom. The molecule has 0 amide bonds. The molecule has 36 valence electrons. The van der Waals surface area contributed by atoms with E-state index in [4.69, 9.17) is 27.0 Å². The van der Waals surface area contributed by atoms with Crippen molar-refractivity contribution < 1.29 is 4.80 Å². The van der Waals surface area contributed by atoms with Gasteiger partial charge in [0.2, 0.25) is 0 Å². The van der Waals surface area contributed by atoms with Gasteiger partial charge in [-0.3, -0.25) is 0 Å². The minimum absolute atomic E-state index is 1.16. The van der Waals surface area contributed by atoms with E-state index in [-0.39, 0.29) is 0 Å². The Labute approximate surface area is 46.7 Å². The van der Waals surface area contributed by atoms with E-state index in [1.807, 2.05) is 0 Å². The highest BCUT2D eigenvalue weighted by atomic mass is 35.7. The van der Waals surface area contributed by atoms with Crippen molar-refractivity contribution >= 4 is 29.1 Å². The molecule has 0 atom stereocenters. The average molecular weight is 143 g/mol. The summed E-state index contributed by atoms with van der Waals surface area (Å²) in [5.74, 6) is 0. The summed E-state index contributed by atoms with van der Waals surface area (Å²) in [6.07, 6.45) is 0. The van der Waals surface area contributed by atoms with Crippen molar-refractivity contribution in [2.24, 2.45) is 0 Å². The molecule has 0 aromatic carbocycles. The third-order valence-corrected chi connectivity index (χ3v) is 1.66. The lowest BCUT2D eigenvalue weighted by Crippen LogP contribution is -2.12. The molecule has 0 spiro atoms. The van der Waals surface area contributed by atoms with E-state index in [0.717, 1.165) is 5.70 Å². The third kappa shape index (κ3) is 4.50. The largest absolute Gasteiger partial charge is 0.412 e. The van der Waals surface area contributed by atoms with Crippen LogP contribution in [0.15, 0.2) is 12.3 Å². The van der Waals surface area contributed by atoms with Crippen LogP contribution in [0.4, 0.5) is 0 Å². The van der Waals surface area contributed by atoms with E-state index in [1.165, 1.54) is 0 Å². The van der Waals surface area contributed by atoms with Gasteiger partial charge in [0.15, 0.2) is 0 Å². The minimum Gasteiger partial charge on any atom is -0.406 e. The first kappa shape index (κ1) is 6.50. The molecular formula is C2H4Cl2OSi. The van der Waals surface area contributed by atoms with Crippen LogP contribution in [-0.4, -0.2) is 11.7 Å². The van der Waals surface area contributed by atoms with Gasteiger partial charge in [-0.2, -0.15) is 0 Å².